The highest BCUT2D eigenvalue weighted by molar-refractivity contribution is 5.37. The first-order valence-electron chi connectivity index (χ1n) is 8.42. The summed E-state index contributed by atoms with van der Waals surface area (Å²) in [6.45, 7) is 2.12. The van der Waals surface area contributed by atoms with Crippen LogP contribution < -0.4 is 10.9 Å². The minimum absolute atomic E-state index is 0.260. The molecule has 0 saturated carbocycles. The average molecular weight is 309 g/mol. The molecule has 2 atom stereocenters. The van der Waals surface area contributed by atoms with E-state index in [9.17, 15) is 0 Å². The van der Waals surface area contributed by atoms with Gasteiger partial charge in [0.15, 0.2) is 6.23 Å². The second-order valence-electron chi connectivity index (χ2n) is 6.31. The summed E-state index contributed by atoms with van der Waals surface area (Å²) in [6.07, 6.45) is 4.48. The van der Waals surface area contributed by atoms with Crippen molar-refractivity contribution in [3.63, 3.8) is 0 Å². The molecule has 23 heavy (non-hydrogen) atoms. The second-order valence-corrected chi connectivity index (χ2v) is 6.31. The van der Waals surface area contributed by atoms with Crippen LogP contribution in [0.4, 0.5) is 0 Å². The Morgan fingerprint density at radius 2 is 1.48 bits per heavy atom. The molecule has 4 heteroatoms. The van der Waals surface area contributed by atoms with Crippen molar-refractivity contribution in [1.82, 2.24) is 15.9 Å². The van der Waals surface area contributed by atoms with E-state index in [1.165, 1.54) is 22.3 Å². The summed E-state index contributed by atoms with van der Waals surface area (Å²) in [6, 6.07) is 17.6. The maximum absolute atomic E-state index is 5.11. The first-order chi connectivity index (χ1) is 11.4. The standard InChI is InChI=1S/C19H23N3O/c1-3-7-17(15(5-1)9-10-19-21-23-19)13-18-8-4-2-6-16(18)11-12-22-14-20-22/h1-8,19-21H,9-14H2. The molecule has 2 fully saturated rings. The van der Waals surface area contributed by atoms with Crippen molar-refractivity contribution >= 4 is 0 Å². The van der Waals surface area contributed by atoms with Crippen molar-refractivity contribution in [2.45, 2.75) is 31.9 Å². The molecule has 2 aromatic carbocycles. The zero-order valence-corrected chi connectivity index (χ0v) is 13.3. The largest absolute Gasteiger partial charge is 0.278 e. The van der Waals surface area contributed by atoms with E-state index < -0.39 is 0 Å². The van der Waals surface area contributed by atoms with Gasteiger partial charge >= 0.3 is 0 Å². The van der Waals surface area contributed by atoms with Crippen molar-refractivity contribution in [1.29, 1.82) is 0 Å². The van der Waals surface area contributed by atoms with Gasteiger partial charge in [-0.2, -0.15) is 5.48 Å². The minimum atomic E-state index is 0.260. The number of benzene rings is 2. The molecule has 2 heterocycles. The Kier molecular flexibility index (Phi) is 4.39. The molecule has 0 amide bonds. The van der Waals surface area contributed by atoms with Crippen LogP contribution in [0.2, 0.25) is 0 Å². The summed E-state index contributed by atoms with van der Waals surface area (Å²) >= 11 is 0. The van der Waals surface area contributed by atoms with Gasteiger partial charge in [-0.15, -0.1) is 0 Å². The molecule has 0 aliphatic carbocycles. The summed E-state index contributed by atoms with van der Waals surface area (Å²) in [5, 5.41) is 2.24. The molecule has 120 valence electrons. The van der Waals surface area contributed by atoms with E-state index in [4.69, 9.17) is 4.84 Å². The number of hydroxylamine groups is 1. The molecule has 2 N–H and O–H groups in total. The van der Waals surface area contributed by atoms with Crippen LogP contribution in [0.1, 0.15) is 28.7 Å². The molecule has 2 saturated heterocycles. The maximum atomic E-state index is 5.11. The van der Waals surface area contributed by atoms with E-state index in [0.29, 0.717) is 0 Å². The lowest BCUT2D eigenvalue weighted by Crippen LogP contribution is -2.08. The average Bonchev–Trinajstić information content (AvgIpc) is 3.48. The highest BCUT2D eigenvalue weighted by Gasteiger charge is 2.21. The van der Waals surface area contributed by atoms with E-state index >= 15 is 0 Å². The van der Waals surface area contributed by atoms with Crippen molar-refractivity contribution in [2.24, 2.45) is 0 Å². The number of hydrazine groups is 1. The number of hydrogen-bond acceptors (Lipinski definition) is 4. The van der Waals surface area contributed by atoms with E-state index in [0.717, 1.165) is 38.9 Å². The summed E-state index contributed by atoms with van der Waals surface area (Å²) in [4.78, 5) is 5.11. The number of nitrogens with zero attached hydrogens (tertiary/aromatic N) is 1. The molecule has 2 unspecified atom stereocenters. The maximum Gasteiger partial charge on any atom is 0.151 e. The van der Waals surface area contributed by atoms with Gasteiger partial charge < -0.3 is 0 Å². The first kappa shape index (κ1) is 14.8. The number of aryl methyl sites for hydroxylation is 1. The van der Waals surface area contributed by atoms with Crippen LogP contribution in [0.3, 0.4) is 0 Å². The highest BCUT2D eigenvalue weighted by atomic mass is 16.8. The number of nitrogens with one attached hydrogen (secondary N) is 2. The smallest absolute Gasteiger partial charge is 0.151 e. The molecule has 0 aromatic heterocycles. The fraction of sp³-hybridized carbons (Fsp3) is 0.368. The van der Waals surface area contributed by atoms with Crippen molar-refractivity contribution in [3.8, 4) is 0 Å². The van der Waals surface area contributed by atoms with Gasteiger partial charge in [0, 0.05) is 6.54 Å². The lowest BCUT2D eigenvalue weighted by Gasteiger charge is -2.13. The SMILES string of the molecule is c1ccc(Cc2ccccc2CCN2CN2)c(CCC2NO2)c1. The zero-order valence-electron chi connectivity index (χ0n) is 13.3. The quantitative estimate of drug-likeness (QED) is 0.735. The summed E-state index contributed by atoms with van der Waals surface area (Å²) in [7, 11) is 0. The van der Waals surface area contributed by atoms with Gasteiger partial charge in [0.25, 0.3) is 0 Å². The third-order valence-electron chi connectivity index (χ3n) is 4.61. The molecule has 2 aromatic rings. The molecule has 0 bridgehead atoms. The Morgan fingerprint density at radius 1 is 0.913 bits per heavy atom. The lowest BCUT2D eigenvalue weighted by atomic mass is 9.93. The summed E-state index contributed by atoms with van der Waals surface area (Å²) < 4.78 is 0. The van der Waals surface area contributed by atoms with Crippen LogP contribution in [-0.2, 0) is 24.1 Å². The molecule has 0 spiro atoms. The molecule has 2 aliphatic heterocycles. The van der Waals surface area contributed by atoms with E-state index in [1.807, 2.05) is 0 Å². The minimum Gasteiger partial charge on any atom is -0.278 e. The summed E-state index contributed by atoms with van der Waals surface area (Å²) in [5.41, 5.74) is 11.9. The van der Waals surface area contributed by atoms with Gasteiger partial charge in [0.2, 0.25) is 0 Å². The number of rotatable bonds is 8. The van der Waals surface area contributed by atoms with Gasteiger partial charge in [-0.25, -0.2) is 10.4 Å². The van der Waals surface area contributed by atoms with Gasteiger partial charge in [-0.1, -0.05) is 48.5 Å². The highest BCUT2D eigenvalue weighted by Crippen LogP contribution is 2.21. The predicted octanol–water partition coefficient (Wildman–Crippen LogP) is 2.39. The Labute approximate surface area is 137 Å². The van der Waals surface area contributed by atoms with Crippen molar-refractivity contribution in [3.05, 3.63) is 70.8 Å². The van der Waals surface area contributed by atoms with Crippen LogP contribution in [0.25, 0.3) is 0 Å². The Morgan fingerprint density at radius 3 is 2.04 bits per heavy atom. The van der Waals surface area contributed by atoms with Crippen molar-refractivity contribution < 1.29 is 4.84 Å². The fourth-order valence-electron chi connectivity index (χ4n) is 3.07. The van der Waals surface area contributed by atoms with E-state index in [-0.39, 0.29) is 6.23 Å². The van der Waals surface area contributed by atoms with Crippen LogP contribution in [-0.4, -0.2) is 24.5 Å². The van der Waals surface area contributed by atoms with Crippen molar-refractivity contribution in [2.75, 3.05) is 13.2 Å². The van der Waals surface area contributed by atoms with Crippen LogP contribution >= 0.6 is 0 Å². The van der Waals surface area contributed by atoms with Crippen LogP contribution in [0.5, 0.6) is 0 Å². The Bertz CT molecular complexity index is 608. The third-order valence-corrected chi connectivity index (χ3v) is 4.61. The monoisotopic (exact) mass is 309 g/mol. The van der Waals surface area contributed by atoms with E-state index in [2.05, 4.69) is 64.4 Å². The molecule has 4 nitrogen and oxygen atoms in total. The van der Waals surface area contributed by atoms with Gasteiger partial charge in [-0.3, -0.25) is 4.84 Å². The first-order valence-corrected chi connectivity index (χ1v) is 8.42. The summed E-state index contributed by atoms with van der Waals surface area (Å²) in [5.74, 6) is 0. The van der Waals surface area contributed by atoms with Gasteiger partial charge in [0.05, 0.1) is 6.67 Å². The Balaban J connectivity index is 1.48. The zero-order chi connectivity index (χ0) is 15.5. The van der Waals surface area contributed by atoms with E-state index in [1.54, 1.807) is 0 Å². The lowest BCUT2D eigenvalue weighted by molar-refractivity contribution is 0.363. The topological polar surface area (TPSA) is 59.4 Å². The van der Waals surface area contributed by atoms with Crippen LogP contribution in [0, 0.1) is 0 Å². The Hall–Kier alpha value is -1.72. The molecular weight excluding hydrogens is 286 g/mol. The predicted molar refractivity (Wildman–Crippen MR) is 90.4 cm³/mol. The van der Waals surface area contributed by atoms with Gasteiger partial charge in [-0.05, 0) is 47.9 Å². The molecule has 0 radical (unpaired) electrons. The third kappa shape index (κ3) is 4.18. The number of hydrogen-bond donors (Lipinski definition) is 2. The van der Waals surface area contributed by atoms with Crippen LogP contribution in [0.15, 0.2) is 48.5 Å². The molecule has 4 rings (SSSR count). The second kappa shape index (κ2) is 6.81. The fourth-order valence-corrected chi connectivity index (χ4v) is 3.07. The molecule has 2 aliphatic rings. The van der Waals surface area contributed by atoms with Gasteiger partial charge in [0.1, 0.15) is 0 Å². The normalized spacial score (nSPS) is 22.1. The molecular formula is C19H23N3O.